The minimum atomic E-state index is -0.875. The van der Waals surface area contributed by atoms with Gasteiger partial charge in [0.15, 0.2) is 0 Å². The van der Waals surface area contributed by atoms with Crippen molar-refractivity contribution in [1.82, 2.24) is 0 Å². The number of anilines is 1. The highest BCUT2D eigenvalue weighted by atomic mass is 35.5. The van der Waals surface area contributed by atoms with E-state index in [1.54, 1.807) is 78.9 Å². The van der Waals surface area contributed by atoms with E-state index in [1.807, 2.05) is 0 Å². The number of methoxy groups -OCH3 is 1. The van der Waals surface area contributed by atoms with E-state index < -0.39 is 17.7 Å². The first-order valence-corrected chi connectivity index (χ1v) is 9.65. The molecule has 0 radical (unpaired) electrons. The number of ketones is 1. The van der Waals surface area contributed by atoms with Gasteiger partial charge in [0.25, 0.3) is 11.7 Å². The summed E-state index contributed by atoms with van der Waals surface area (Å²) in [7, 11) is 1.52. The Morgan fingerprint density at radius 3 is 2.37 bits per heavy atom. The summed E-state index contributed by atoms with van der Waals surface area (Å²) in [5, 5.41) is 11.5. The van der Waals surface area contributed by atoms with Crippen molar-refractivity contribution in [3.05, 3.63) is 101 Å². The van der Waals surface area contributed by atoms with Gasteiger partial charge in [-0.2, -0.15) is 0 Å². The third-order valence-electron chi connectivity index (χ3n) is 5.01. The maximum Gasteiger partial charge on any atom is 0.300 e. The first kappa shape index (κ1) is 19.7. The van der Waals surface area contributed by atoms with Gasteiger partial charge in [0.2, 0.25) is 0 Å². The zero-order valence-corrected chi connectivity index (χ0v) is 16.8. The van der Waals surface area contributed by atoms with Gasteiger partial charge in [0, 0.05) is 21.8 Å². The van der Waals surface area contributed by atoms with Crippen molar-refractivity contribution in [3.8, 4) is 5.75 Å². The number of hydrogen-bond acceptors (Lipinski definition) is 4. The molecule has 6 heteroatoms. The van der Waals surface area contributed by atoms with Gasteiger partial charge < -0.3 is 9.84 Å². The van der Waals surface area contributed by atoms with Crippen LogP contribution in [-0.4, -0.2) is 23.9 Å². The second-order valence-corrected chi connectivity index (χ2v) is 7.19. The summed E-state index contributed by atoms with van der Waals surface area (Å²) in [5.74, 6) is -1.26. The molecule has 150 valence electrons. The fourth-order valence-electron chi connectivity index (χ4n) is 3.66. The molecule has 0 spiro atoms. The van der Waals surface area contributed by atoms with Gasteiger partial charge in [0.1, 0.15) is 11.5 Å². The van der Waals surface area contributed by atoms with E-state index in [0.717, 1.165) is 0 Å². The number of amides is 1. The largest absolute Gasteiger partial charge is 0.507 e. The van der Waals surface area contributed by atoms with E-state index in [9.17, 15) is 14.7 Å². The van der Waals surface area contributed by atoms with Gasteiger partial charge >= 0.3 is 0 Å². The van der Waals surface area contributed by atoms with Crippen LogP contribution in [0.5, 0.6) is 5.75 Å². The third-order valence-corrected chi connectivity index (χ3v) is 5.25. The number of hydrogen-bond donors (Lipinski definition) is 1. The van der Waals surface area contributed by atoms with E-state index in [0.29, 0.717) is 27.6 Å². The molecule has 1 heterocycles. The van der Waals surface area contributed by atoms with E-state index >= 15 is 0 Å². The average molecular weight is 420 g/mol. The van der Waals surface area contributed by atoms with E-state index in [1.165, 1.54) is 12.0 Å². The standard InChI is InChI=1S/C24H18ClNO4/c1-30-19-13-6-5-12-18(19)21-20(22(27)15-8-3-2-4-9-15)23(28)24(29)26(21)17-11-7-10-16(25)14-17/h2-14,21,27H,1H3/t21-/m1/s1. The molecule has 0 bridgehead atoms. The summed E-state index contributed by atoms with van der Waals surface area (Å²) < 4.78 is 5.49. The van der Waals surface area contributed by atoms with Crippen LogP contribution in [0.1, 0.15) is 17.2 Å². The lowest BCUT2D eigenvalue weighted by molar-refractivity contribution is -0.132. The monoisotopic (exact) mass is 419 g/mol. The molecule has 3 aromatic rings. The van der Waals surface area contributed by atoms with Crippen molar-refractivity contribution < 1.29 is 19.4 Å². The molecule has 1 aliphatic rings. The Morgan fingerprint density at radius 2 is 1.67 bits per heavy atom. The molecule has 1 N–H and O–H groups in total. The Bertz CT molecular complexity index is 1160. The van der Waals surface area contributed by atoms with Gasteiger partial charge in [0.05, 0.1) is 18.7 Å². The number of rotatable bonds is 4. The van der Waals surface area contributed by atoms with Crippen molar-refractivity contribution in [2.75, 3.05) is 12.0 Å². The molecule has 30 heavy (non-hydrogen) atoms. The molecular weight excluding hydrogens is 402 g/mol. The van der Waals surface area contributed by atoms with Crippen molar-refractivity contribution in [1.29, 1.82) is 0 Å². The van der Waals surface area contributed by atoms with Crippen molar-refractivity contribution in [2.24, 2.45) is 0 Å². The van der Waals surface area contributed by atoms with Crippen LogP contribution < -0.4 is 9.64 Å². The molecule has 1 amide bonds. The third kappa shape index (κ3) is 3.33. The highest BCUT2D eigenvalue weighted by molar-refractivity contribution is 6.51. The van der Waals surface area contributed by atoms with Crippen LogP contribution in [0.4, 0.5) is 5.69 Å². The second kappa shape index (κ2) is 8.05. The number of benzene rings is 3. The molecule has 0 unspecified atom stereocenters. The Hall–Kier alpha value is -3.57. The summed E-state index contributed by atoms with van der Waals surface area (Å²) in [6, 6.07) is 21.6. The number of para-hydroxylation sites is 1. The van der Waals surface area contributed by atoms with E-state index in [4.69, 9.17) is 16.3 Å². The minimum absolute atomic E-state index is 0.00400. The number of carbonyl (C=O) groups is 2. The molecule has 5 nitrogen and oxygen atoms in total. The van der Waals surface area contributed by atoms with Crippen LogP contribution >= 0.6 is 11.6 Å². The summed E-state index contributed by atoms with van der Waals surface area (Å²) in [5.41, 5.74) is 1.47. The number of aliphatic hydroxyl groups excluding tert-OH is 1. The summed E-state index contributed by atoms with van der Waals surface area (Å²) in [6.07, 6.45) is 0. The summed E-state index contributed by atoms with van der Waals surface area (Å²) in [4.78, 5) is 27.5. The van der Waals surface area contributed by atoms with Crippen LogP contribution in [0.2, 0.25) is 5.02 Å². The zero-order chi connectivity index (χ0) is 21.3. The first-order valence-electron chi connectivity index (χ1n) is 9.28. The Kier molecular flexibility index (Phi) is 5.29. The predicted molar refractivity (Wildman–Crippen MR) is 116 cm³/mol. The quantitative estimate of drug-likeness (QED) is 0.368. The maximum atomic E-state index is 13.1. The van der Waals surface area contributed by atoms with Gasteiger partial charge in [-0.1, -0.05) is 66.2 Å². The summed E-state index contributed by atoms with van der Waals surface area (Å²) >= 11 is 6.15. The lowest BCUT2D eigenvalue weighted by atomic mass is 9.94. The number of nitrogens with zero attached hydrogens (tertiary/aromatic N) is 1. The fraction of sp³-hybridized carbons (Fsp3) is 0.0833. The van der Waals surface area contributed by atoms with E-state index in [2.05, 4.69) is 0 Å². The molecule has 1 aliphatic heterocycles. The Morgan fingerprint density at radius 1 is 0.967 bits per heavy atom. The van der Waals surface area contributed by atoms with Gasteiger partial charge in [-0.3, -0.25) is 14.5 Å². The molecule has 1 saturated heterocycles. The molecule has 1 atom stereocenters. The molecule has 4 rings (SSSR count). The summed E-state index contributed by atoms with van der Waals surface area (Å²) in [6.45, 7) is 0. The molecule has 0 aliphatic carbocycles. The van der Waals surface area contributed by atoms with Crippen LogP contribution in [-0.2, 0) is 9.59 Å². The zero-order valence-electron chi connectivity index (χ0n) is 16.1. The smallest absolute Gasteiger partial charge is 0.300 e. The fourth-order valence-corrected chi connectivity index (χ4v) is 3.85. The molecule has 0 saturated carbocycles. The number of carbonyl (C=O) groups excluding carboxylic acids is 2. The second-order valence-electron chi connectivity index (χ2n) is 6.76. The average Bonchev–Trinajstić information content (AvgIpc) is 3.04. The van der Waals surface area contributed by atoms with Gasteiger partial charge in [-0.25, -0.2) is 0 Å². The molecule has 1 fully saturated rings. The first-order chi connectivity index (χ1) is 14.5. The highest BCUT2D eigenvalue weighted by Crippen LogP contribution is 2.45. The topological polar surface area (TPSA) is 66.8 Å². The number of halogens is 1. The molecule has 3 aromatic carbocycles. The number of Topliss-reactive ketones (excluding diaryl/α,β-unsaturated/α-hetero) is 1. The number of ether oxygens (including phenoxy) is 1. The van der Waals surface area contributed by atoms with Gasteiger partial charge in [-0.05, 0) is 24.3 Å². The molecular formula is C24H18ClNO4. The number of aliphatic hydroxyl groups is 1. The highest BCUT2D eigenvalue weighted by Gasteiger charge is 2.47. The van der Waals surface area contributed by atoms with Crippen LogP contribution in [0.15, 0.2) is 84.4 Å². The maximum absolute atomic E-state index is 13.1. The lowest BCUT2D eigenvalue weighted by Gasteiger charge is -2.26. The van der Waals surface area contributed by atoms with Crippen molar-refractivity contribution >= 4 is 34.7 Å². The van der Waals surface area contributed by atoms with Crippen LogP contribution in [0, 0.1) is 0 Å². The van der Waals surface area contributed by atoms with E-state index in [-0.39, 0.29) is 11.3 Å². The predicted octanol–water partition coefficient (Wildman–Crippen LogP) is 4.97. The normalized spacial score (nSPS) is 17.9. The van der Waals surface area contributed by atoms with Gasteiger partial charge in [-0.15, -0.1) is 0 Å². The minimum Gasteiger partial charge on any atom is -0.507 e. The van der Waals surface area contributed by atoms with Crippen LogP contribution in [0.25, 0.3) is 5.76 Å². The molecule has 0 aromatic heterocycles. The SMILES string of the molecule is COc1ccccc1[C@@H]1C(=C(O)c2ccccc2)C(=O)C(=O)N1c1cccc(Cl)c1. The Balaban J connectivity index is 2.00. The van der Waals surface area contributed by atoms with Crippen molar-refractivity contribution in [2.45, 2.75) is 6.04 Å². The Labute approximate surface area is 178 Å². The van der Waals surface area contributed by atoms with Crippen molar-refractivity contribution in [3.63, 3.8) is 0 Å². The lowest BCUT2D eigenvalue weighted by Crippen LogP contribution is -2.29. The van der Waals surface area contributed by atoms with Crippen LogP contribution in [0.3, 0.4) is 0 Å².